The van der Waals surface area contributed by atoms with Crippen LogP contribution in [0.4, 0.5) is 18.9 Å². The van der Waals surface area contributed by atoms with Gasteiger partial charge in [0.25, 0.3) is 5.91 Å². The monoisotopic (exact) mass is 475 g/mol. The van der Waals surface area contributed by atoms with Gasteiger partial charge in [0.2, 0.25) is 0 Å². The molecule has 9 heteroatoms. The third-order valence-corrected chi connectivity index (χ3v) is 6.31. The van der Waals surface area contributed by atoms with E-state index in [1.165, 1.54) is 23.9 Å². The number of amides is 1. The quantitative estimate of drug-likeness (QED) is 0.563. The van der Waals surface area contributed by atoms with Crippen LogP contribution in [0.5, 0.6) is 5.75 Å². The lowest BCUT2D eigenvalue weighted by Crippen LogP contribution is -2.47. The lowest BCUT2D eigenvalue weighted by Gasteiger charge is -2.36. The van der Waals surface area contributed by atoms with E-state index in [0.717, 1.165) is 11.6 Å². The molecular formula is C24H24F3N3O2S. The zero-order chi connectivity index (χ0) is 23.6. The average Bonchev–Trinajstić information content (AvgIpc) is 3.14. The third kappa shape index (κ3) is 5.52. The van der Waals surface area contributed by atoms with Crippen LogP contribution in [0, 0.1) is 0 Å². The maximum absolute atomic E-state index is 13.0. The van der Waals surface area contributed by atoms with Crippen LogP contribution in [0.15, 0.2) is 58.4 Å². The Kier molecular flexibility index (Phi) is 6.69. The molecule has 1 saturated heterocycles. The largest absolute Gasteiger partial charge is 0.490 e. The maximum Gasteiger partial charge on any atom is 0.416 e. The van der Waals surface area contributed by atoms with E-state index in [2.05, 4.69) is 4.99 Å². The number of hydrogen-bond acceptors (Lipinski definition) is 5. The minimum atomic E-state index is -4.37. The molecule has 0 radical (unpaired) electrons. The number of rotatable bonds is 4. The first-order valence-electron chi connectivity index (χ1n) is 10.7. The first kappa shape index (κ1) is 23.2. The van der Waals surface area contributed by atoms with Crippen LogP contribution in [-0.2, 0) is 11.0 Å². The zero-order valence-corrected chi connectivity index (χ0v) is 19.1. The average molecular weight is 476 g/mol. The van der Waals surface area contributed by atoms with E-state index in [-0.39, 0.29) is 12.0 Å². The van der Waals surface area contributed by atoms with Gasteiger partial charge in [0.05, 0.1) is 16.6 Å². The molecule has 0 atom stereocenters. The highest BCUT2D eigenvalue weighted by atomic mass is 32.2. The fraction of sp³-hybridized carbons (Fsp3) is 0.333. The van der Waals surface area contributed by atoms with Gasteiger partial charge >= 0.3 is 6.18 Å². The third-order valence-electron chi connectivity index (χ3n) is 5.27. The Balaban J connectivity index is 1.41. The summed E-state index contributed by atoms with van der Waals surface area (Å²) in [7, 11) is 0. The van der Waals surface area contributed by atoms with Crippen molar-refractivity contribution < 1.29 is 22.7 Å². The minimum absolute atomic E-state index is 0.0106. The van der Waals surface area contributed by atoms with E-state index >= 15 is 0 Å². The minimum Gasteiger partial charge on any atom is -0.490 e. The molecule has 2 aromatic carbocycles. The van der Waals surface area contributed by atoms with Crippen molar-refractivity contribution in [2.75, 3.05) is 31.1 Å². The van der Waals surface area contributed by atoms with Crippen molar-refractivity contribution in [3.63, 3.8) is 0 Å². The number of para-hydroxylation sites is 1. The van der Waals surface area contributed by atoms with Gasteiger partial charge in [-0.3, -0.25) is 4.79 Å². The summed E-state index contributed by atoms with van der Waals surface area (Å²) < 4.78 is 44.9. The summed E-state index contributed by atoms with van der Waals surface area (Å²) in [6.45, 7) is 6.10. The molecule has 2 aliphatic rings. The molecule has 2 heterocycles. The number of nitrogens with zero attached hydrogens (tertiary/aromatic N) is 3. The molecule has 1 amide bonds. The summed E-state index contributed by atoms with van der Waals surface area (Å²) in [4.78, 5) is 21.2. The van der Waals surface area contributed by atoms with E-state index in [1.807, 2.05) is 47.9 Å². The van der Waals surface area contributed by atoms with Crippen LogP contribution >= 0.6 is 11.8 Å². The van der Waals surface area contributed by atoms with Crippen molar-refractivity contribution in [2.24, 2.45) is 4.99 Å². The fourth-order valence-electron chi connectivity index (χ4n) is 3.67. The molecule has 2 aliphatic heterocycles. The van der Waals surface area contributed by atoms with Gasteiger partial charge < -0.3 is 14.5 Å². The van der Waals surface area contributed by atoms with Gasteiger partial charge in [0.1, 0.15) is 5.75 Å². The maximum atomic E-state index is 13.0. The van der Waals surface area contributed by atoms with Crippen LogP contribution in [0.2, 0.25) is 0 Å². The molecule has 0 bridgehead atoms. The summed E-state index contributed by atoms with van der Waals surface area (Å²) in [5.74, 6) is 0.409. The number of alkyl halides is 3. The number of piperazine rings is 1. The normalized spacial score (nSPS) is 18.3. The molecule has 4 rings (SSSR count). The van der Waals surface area contributed by atoms with Gasteiger partial charge in [-0.2, -0.15) is 18.2 Å². The lowest BCUT2D eigenvalue weighted by atomic mass is 10.1. The number of benzene rings is 2. The van der Waals surface area contributed by atoms with Gasteiger partial charge in [-0.15, -0.1) is 0 Å². The summed E-state index contributed by atoms with van der Waals surface area (Å²) in [5.41, 5.74) is 0.706. The highest BCUT2D eigenvalue weighted by molar-refractivity contribution is 8.18. The predicted molar refractivity (Wildman–Crippen MR) is 125 cm³/mol. The summed E-state index contributed by atoms with van der Waals surface area (Å²) in [6.07, 6.45) is -2.56. The number of halogens is 3. The van der Waals surface area contributed by atoms with Crippen molar-refractivity contribution in [3.8, 4) is 5.75 Å². The molecule has 2 aromatic rings. The molecule has 5 nitrogen and oxygen atoms in total. The Morgan fingerprint density at radius 3 is 2.42 bits per heavy atom. The van der Waals surface area contributed by atoms with E-state index < -0.39 is 11.7 Å². The van der Waals surface area contributed by atoms with Crippen LogP contribution in [0.1, 0.15) is 25.0 Å². The van der Waals surface area contributed by atoms with Crippen molar-refractivity contribution in [3.05, 3.63) is 64.6 Å². The van der Waals surface area contributed by atoms with E-state index in [1.54, 1.807) is 12.1 Å². The number of amidine groups is 1. The standard InChI is InChI=1S/C24H24F3N3O2S/c1-16(2)32-20-9-4-3-6-17(20)14-21-22(31)28-23(33-21)30-12-10-29(11-13-30)19-8-5-7-18(15-19)24(25,26)27/h3-9,14-16H,10-13H2,1-2H3/b21-14+. The van der Waals surface area contributed by atoms with Gasteiger partial charge in [-0.25, -0.2) is 0 Å². The number of aliphatic imine (C=N–C) groups is 1. The molecule has 174 valence electrons. The van der Waals surface area contributed by atoms with Gasteiger partial charge in [-0.05, 0) is 56.0 Å². The molecule has 0 saturated carbocycles. The summed E-state index contributed by atoms with van der Waals surface area (Å²) in [5, 5.41) is 0.622. The van der Waals surface area contributed by atoms with E-state index in [4.69, 9.17) is 4.74 Å². The van der Waals surface area contributed by atoms with Gasteiger partial charge in [0, 0.05) is 37.4 Å². The van der Waals surface area contributed by atoms with E-state index in [0.29, 0.717) is 47.7 Å². The SMILES string of the molecule is CC(C)Oc1ccccc1/C=C1/SC(N2CCN(c3cccc(C(F)(F)F)c3)CC2)=NC1=O. The number of carbonyl (C=O) groups is 1. The van der Waals surface area contributed by atoms with Crippen molar-refractivity contribution >= 4 is 34.6 Å². The number of thioether (sulfide) groups is 1. The van der Waals surface area contributed by atoms with Crippen LogP contribution < -0.4 is 9.64 Å². The van der Waals surface area contributed by atoms with Gasteiger partial charge in [-0.1, -0.05) is 24.3 Å². The molecule has 0 aliphatic carbocycles. The molecule has 0 aromatic heterocycles. The first-order valence-corrected chi connectivity index (χ1v) is 11.5. The number of ether oxygens (including phenoxy) is 1. The molecule has 0 spiro atoms. The second-order valence-corrected chi connectivity index (χ2v) is 9.05. The Hall–Kier alpha value is -2.94. The second-order valence-electron chi connectivity index (χ2n) is 8.04. The summed E-state index contributed by atoms with van der Waals surface area (Å²) in [6, 6.07) is 12.9. The fourth-order valence-corrected chi connectivity index (χ4v) is 4.63. The number of anilines is 1. The highest BCUT2D eigenvalue weighted by Gasteiger charge is 2.32. The number of hydrogen-bond donors (Lipinski definition) is 0. The van der Waals surface area contributed by atoms with Crippen LogP contribution in [0.3, 0.4) is 0 Å². The smallest absolute Gasteiger partial charge is 0.416 e. The predicted octanol–water partition coefficient (Wildman–Crippen LogP) is 5.29. The van der Waals surface area contributed by atoms with Crippen molar-refractivity contribution in [1.82, 2.24) is 4.90 Å². The zero-order valence-electron chi connectivity index (χ0n) is 18.3. The van der Waals surface area contributed by atoms with Crippen LogP contribution in [-0.4, -0.2) is 48.3 Å². The molecule has 0 N–H and O–H groups in total. The van der Waals surface area contributed by atoms with Gasteiger partial charge in [0.15, 0.2) is 5.17 Å². The summed E-state index contributed by atoms with van der Waals surface area (Å²) >= 11 is 1.32. The highest BCUT2D eigenvalue weighted by Crippen LogP contribution is 2.34. The Morgan fingerprint density at radius 2 is 1.73 bits per heavy atom. The molecular weight excluding hydrogens is 451 g/mol. The Morgan fingerprint density at radius 1 is 1.03 bits per heavy atom. The Bertz CT molecular complexity index is 1090. The van der Waals surface area contributed by atoms with Crippen molar-refractivity contribution in [2.45, 2.75) is 26.1 Å². The lowest BCUT2D eigenvalue weighted by molar-refractivity contribution is -0.137. The molecule has 1 fully saturated rings. The van der Waals surface area contributed by atoms with Crippen molar-refractivity contribution in [1.29, 1.82) is 0 Å². The molecule has 33 heavy (non-hydrogen) atoms. The van der Waals surface area contributed by atoms with E-state index in [9.17, 15) is 18.0 Å². The first-order chi connectivity index (χ1) is 15.7. The topological polar surface area (TPSA) is 45.1 Å². The Labute approximate surface area is 194 Å². The second kappa shape index (κ2) is 9.51. The van der Waals surface area contributed by atoms with Crippen LogP contribution in [0.25, 0.3) is 6.08 Å². The molecule has 0 unspecified atom stereocenters. The number of carbonyl (C=O) groups excluding carboxylic acids is 1.